The van der Waals surface area contributed by atoms with Gasteiger partial charge in [-0.25, -0.2) is 4.79 Å². The molecule has 0 aliphatic rings. The smallest absolute Gasteiger partial charge is 0.344 e. The first-order chi connectivity index (χ1) is 9.88. The third-order valence-corrected chi connectivity index (χ3v) is 3.16. The Kier molecular flexibility index (Phi) is 4.12. The fraction of sp³-hybridized carbons (Fsp3) is 0.250. The van der Waals surface area contributed by atoms with Crippen LogP contribution in [0, 0.1) is 13.8 Å². The summed E-state index contributed by atoms with van der Waals surface area (Å²) in [5, 5.41) is 8.82. The van der Waals surface area contributed by atoms with E-state index in [9.17, 15) is 9.59 Å². The molecule has 2 rings (SSSR count). The first-order valence-corrected chi connectivity index (χ1v) is 6.58. The van der Waals surface area contributed by atoms with Crippen molar-refractivity contribution in [3.8, 4) is 11.4 Å². The number of aliphatic carboxylic acids is 1. The Morgan fingerprint density at radius 1 is 1.14 bits per heavy atom. The molecule has 1 atom stereocenters. The summed E-state index contributed by atoms with van der Waals surface area (Å²) in [5.41, 5.74) is 2.55. The van der Waals surface area contributed by atoms with E-state index in [-0.39, 0.29) is 5.43 Å². The molecular formula is C16H17NO4. The maximum atomic E-state index is 11.4. The molecule has 0 saturated heterocycles. The molecule has 5 nitrogen and oxygen atoms in total. The minimum Gasteiger partial charge on any atom is -0.479 e. The highest BCUT2D eigenvalue weighted by Gasteiger charge is 2.12. The zero-order valence-corrected chi connectivity index (χ0v) is 12.2. The molecule has 0 amide bonds. The lowest BCUT2D eigenvalue weighted by Gasteiger charge is -2.15. The van der Waals surface area contributed by atoms with Gasteiger partial charge in [0.15, 0.2) is 11.5 Å². The van der Waals surface area contributed by atoms with Crippen molar-refractivity contribution in [3.63, 3.8) is 0 Å². The highest BCUT2D eigenvalue weighted by molar-refractivity contribution is 5.72. The topological polar surface area (TPSA) is 68.5 Å². The maximum absolute atomic E-state index is 11.4. The Morgan fingerprint density at radius 3 is 2.14 bits per heavy atom. The van der Waals surface area contributed by atoms with E-state index in [1.807, 2.05) is 30.5 Å². The molecule has 1 unspecified atom stereocenters. The second-order valence-corrected chi connectivity index (χ2v) is 4.90. The second kappa shape index (κ2) is 5.83. The Bertz CT molecular complexity index is 690. The molecule has 1 N–H and O–H groups in total. The highest BCUT2D eigenvalue weighted by Crippen LogP contribution is 2.19. The molecule has 21 heavy (non-hydrogen) atoms. The van der Waals surface area contributed by atoms with Crippen LogP contribution in [0.4, 0.5) is 0 Å². The van der Waals surface area contributed by atoms with E-state index in [1.165, 1.54) is 6.92 Å². The van der Waals surface area contributed by atoms with E-state index >= 15 is 0 Å². The number of carbonyl (C=O) groups is 1. The van der Waals surface area contributed by atoms with E-state index < -0.39 is 12.1 Å². The largest absolute Gasteiger partial charge is 0.479 e. The number of benzene rings is 1. The first kappa shape index (κ1) is 14.8. The van der Waals surface area contributed by atoms with Crippen molar-refractivity contribution in [2.45, 2.75) is 26.9 Å². The van der Waals surface area contributed by atoms with Crippen LogP contribution in [0.15, 0.2) is 41.2 Å². The fourth-order valence-corrected chi connectivity index (χ4v) is 2.20. The number of hydrogen-bond donors (Lipinski definition) is 1. The molecule has 0 aliphatic heterocycles. The summed E-state index contributed by atoms with van der Waals surface area (Å²) in [7, 11) is 0. The van der Waals surface area contributed by atoms with Gasteiger partial charge in [0.1, 0.15) is 5.75 Å². The normalized spacial score (nSPS) is 12.0. The van der Waals surface area contributed by atoms with Crippen molar-refractivity contribution < 1.29 is 14.6 Å². The molecule has 1 aromatic carbocycles. The molecule has 0 fully saturated rings. The Labute approximate surface area is 122 Å². The number of pyridine rings is 1. The van der Waals surface area contributed by atoms with Gasteiger partial charge in [-0.2, -0.15) is 0 Å². The van der Waals surface area contributed by atoms with Gasteiger partial charge in [0.05, 0.1) is 0 Å². The van der Waals surface area contributed by atoms with Crippen molar-refractivity contribution in [3.05, 3.63) is 58.0 Å². The van der Waals surface area contributed by atoms with Gasteiger partial charge in [-0.05, 0) is 45.0 Å². The predicted molar refractivity (Wildman–Crippen MR) is 79.2 cm³/mol. The lowest BCUT2D eigenvalue weighted by atomic mass is 10.2. The molecule has 110 valence electrons. The first-order valence-electron chi connectivity index (χ1n) is 6.58. The van der Waals surface area contributed by atoms with Crippen molar-refractivity contribution in [2.24, 2.45) is 0 Å². The van der Waals surface area contributed by atoms with Crippen LogP contribution in [0.5, 0.6) is 5.75 Å². The highest BCUT2D eigenvalue weighted by atomic mass is 16.5. The summed E-state index contributed by atoms with van der Waals surface area (Å²) in [5.74, 6) is -0.517. The molecule has 0 bridgehead atoms. The quantitative estimate of drug-likeness (QED) is 0.937. The van der Waals surface area contributed by atoms with Crippen LogP contribution in [0.1, 0.15) is 18.3 Å². The summed E-state index contributed by atoms with van der Waals surface area (Å²) in [4.78, 5) is 22.2. The minimum absolute atomic E-state index is 0.0171. The zero-order valence-electron chi connectivity index (χ0n) is 12.2. The second-order valence-electron chi connectivity index (χ2n) is 4.90. The van der Waals surface area contributed by atoms with Gasteiger partial charge < -0.3 is 14.4 Å². The van der Waals surface area contributed by atoms with Gasteiger partial charge in [0.2, 0.25) is 0 Å². The van der Waals surface area contributed by atoms with E-state index in [1.54, 1.807) is 24.3 Å². The lowest BCUT2D eigenvalue weighted by Crippen LogP contribution is -2.22. The summed E-state index contributed by atoms with van der Waals surface area (Å²) >= 11 is 0. The molecular weight excluding hydrogens is 270 g/mol. The molecule has 0 aliphatic carbocycles. The van der Waals surface area contributed by atoms with Crippen LogP contribution in [0.25, 0.3) is 5.69 Å². The minimum atomic E-state index is -1.01. The number of rotatable bonds is 4. The summed E-state index contributed by atoms with van der Waals surface area (Å²) in [6.45, 7) is 5.21. The van der Waals surface area contributed by atoms with Gasteiger partial charge in [-0.1, -0.05) is 0 Å². The van der Waals surface area contributed by atoms with Crippen LogP contribution in [-0.4, -0.2) is 21.7 Å². The van der Waals surface area contributed by atoms with E-state index in [0.29, 0.717) is 5.75 Å². The number of ether oxygens (including phenoxy) is 1. The molecule has 2 aromatic rings. The van der Waals surface area contributed by atoms with Crippen LogP contribution in [-0.2, 0) is 4.79 Å². The van der Waals surface area contributed by atoms with Crippen molar-refractivity contribution in [2.75, 3.05) is 0 Å². The Hall–Kier alpha value is -2.56. The third-order valence-electron chi connectivity index (χ3n) is 3.16. The number of carboxylic acids is 1. The monoisotopic (exact) mass is 287 g/mol. The Balaban J connectivity index is 2.32. The van der Waals surface area contributed by atoms with Crippen LogP contribution < -0.4 is 10.2 Å². The summed E-state index contributed by atoms with van der Waals surface area (Å²) < 4.78 is 7.24. The fourth-order valence-electron chi connectivity index (χ4n) is 2.20. The van der Waals surface area contributed by atoms with Crippen LogP contribution in [0.2, 0.25) is 0 Å². The zero-order chi connectivity index (χ0) is 15.6. The number of nitrogens with zero attached hydrogens (tertiary/aromatic N) is 1. The van der Waals surface area contributed by atoms with Crippen LogP contribution in [0.3, 0.4) is 0 Å². The van der Waals surface area contributed by atoms with E-state index in [2.05, 4.69) is 0 Å². The summed E-state index contributed by atoms with van der Waals surface area (Å²) in [6.07, 6.45) is -0.897. The standard InChI is InChI=1S/C16H17NO4/c1-10-8-14(18)9-11(2)17(10)13-4-6-15(7-5-13)21-12(3)16(19)20/h4-9,12H,1-3H3,(H,19,20). The molecule has 1 aromatic heterocycles. The molecule has 0 spiro atoms. The maximum Gasteiger partial charge on any atom is 0.344 e. The van der Waals surface area contributed by atoms with Crippen molar-refractivity contribution >= 4 is 5.97 Å². The number of aromatic nitrogens is 1. The number of carboxylic acid groups (broad SMARTS) is 1. The van der Waals surface area contributed by atoms with E-state index in [0.717, 1.165) is 17.1 Å². The summed E-state index contributed by atoms with van der Waals surface area (Å²) in [6, 6.07) is 10.2. The van der Waals surface area contributed by atoms with Gasteiger partial charge in [0, 0.05) is 29.2 Å². The Morgan fingerprint density at radius 2 is 1.67 bits per heavy atom. The molecule has 0 radical (unpaired) electrons. The molecule has 5 heteroatoms. The SMILES string of the molecule is Cc1cc(=O)cc(C)n1-c1ccc(OC(C)C(=O)O)cc1. The van der Waals surface area contributed by atoms with Gasteiger partial charge in [0.25, 0.3) is 0 Å². The number of hydrogen-bond acceptors (Lipinski definition) is 3. The predicted octanol–water partition coefficient (Wildman–Crippen LogP) is 2.31. The van der Waals surface area contributed by atoms with Gasteiger partial charge in [-0.15, -0.1) is 0 Å². The number of aryl methyl sites for hydroxylation is 2. The molecule has 1 heterocycles. The van der Waals surface area contributed by atoms with Crippen molar-refractivity contribution in [1.29, 1.82) is 0 Å². The third kappa shape index (κ3) is 3.31. The molecule has 0 saturated carbocycles. The average Bonchev–Trinajstić information content (AvgIpc) is 2.39. The van der Waals surface area contributed by atoms with Gasteiger partial charge in [-0.3, -0.25) is 4.79 Å². The van der Waals surface area contributed by atoms with Gasteiger partial charge >= 0.3 is 5.97 Å². The van der Waals surface area contributed by atoms with E-state index in [4.69, 9.17) is 9.84 Å². The van der Waals surface area contributed by atoms with Crippen molar-refractivity contribution in [1.82, 2.24) is 4.57 Å². The average molecular weight is 287 g/mol. The lowest BCUT2D eigenvalue weighted by molar-refractivity contribution is -0.144. The van der Waals surface area contributed by atoms with Crippen LogP contribution >= 0.6 is 0 Å².